The van der Waals surface area contributed by atoms with E-state index in [1.54, 1.807) is 0 Å². The normalized spacial score (nSPS) is 30.6. The van der Waals surface area contributed by atoms with Gasteiger partial charge in [-0.05, 0) is 50.5 Å². The van der Waals surface area contributed by atoms with E-state index in [2.05, 4.69) is 18.7 Å². The van der Waals surface area contributed by atoms with Crippen LogP contribution in [0.25, 0.3) is 0 Å². The third-order valence-electron chi connectivity index (χ3n) is 4.17. The molecule has 2 nitrogen and oxygen atoms in total. The van der Waals surface area contributed by atoms with Gasteiger partial charge in [0.2, 0.25) is 0 Å². The van der Waals surface area contributed by atoms with E-state index < -0.39 is 0 Å². The van der Waals surface area contributed by atoms with Gasteiger partial charge in [0.15, 0.2) is 0 Å². The van der Waals surface area contributed by atoms with Crippen molar-refractivity contribution in [2.45, 2.75) is 64.5 Å². The molecule has 0 saturated heterocycles. The highest BCUT2D eigenvalue weighted by atomic mass is 15.2. The lowest BCUT2D eigenvalue weighted by atomic mass is 10.00. The zero-order valence-electron chi connectivity index (χ0n) is 11.0. The maximum absolute atomic E-state index is 6.14. The number of nitrogens with two attached hydrogens (primary N) is 1. The highest BCUT2D eigenvalue weighted by molar-refractivity contribution is 4.87. The molecule has 2 saturated carbocycles. The summed E-state index contributed by atoms with van der Waals surface area (Å²) in [5, 5.41) is 0. The molecule has 2 heteroatoms. The fraction of sp³-hybridized carbons (Fsp3) is 1.00. The summed E-state index contributed by atoms with van der Waals surface area (Å²) in [6.07, 6.45) is 8.20. The molecule has 0 aromatic heterocycles. The van der Waals surface area contributed by atoms with Crippen LogP contribution in [0.3, 0.4) is 0 Å². The Morgan fingerprint density at radius 1 is 1.19 bits per heavy atom. The van der Waals surface area contributed by atoms with Crippen LogP contribution in [0.5, 0.6) is 0 Å². The molecule has 0 spiro atoms. The highest BCUT2D eigenvalue weighted by Crippen LogP contribution is 2.31. The van der Waals surface area contributed by atoms with Crippen LogP contribution in [0.2, 0.25) is 0 Å². The van der Waals surface area contributed by atoms with Gasteiger partial charge in [0, 0.05) is 18.6 Å². The first kappa shape index (κ1) is 12.4. The van der Waals surface area contributed by atoms with E-state index in [1.807, 2.05) is 0 Å². The van der Waals surface area contributed by atoms with Crippen LogP contribution < -0.4 is 5.73 Å². The molecule has 0 bridgehead atoms. The van der Waals surface area contributed by atoms with Crippen molar-refractivity contribution in [3.05, 3.63) is 0 Å². The number of rotatable bonds is 6. The average Bonchev–Trinajstić information content (AvgIpc) is 2.98. The molecule has 0 amide bonds. The average molecular weight is 224 g/mol. The van der Waals surface area contributed by atoms with E-state index >= 15 is 0 Å². The van der Waals surface area contributed by atoms with Gasteiger partial charge < -0.3 is 10.6 Å². The lowest BCUT2D eigenvalue weighted by Crippen LogP contribution is -2.34. The van der Waals surface area contributed by atoms with Crippen molar-refractivity contribution in [3.63, 3.8) is 0 Å². The van der Waals surface area contributed by atoms with E-state index in [1.165, 1.54) is 51.6 Å². The van der Waals surface area contributed by atoms with Crippen molar-refractivity contribution in [2.75, 3.05) is 13.1 Å². The molecule has 94 valence electrons. The van der Waals surface area contributed by atoms with E-state index in [4.69, 9.17) is 5.73 Å². The third kappa shape index (κ3) is 3.46. The lowest BCUT2D eigenvalue weighted by Gasteiger charge is -2.26. The van der Waals surface area contributed by atoms with Crippen LogP contribution in [0.4, 0.5) is 0 Å². The predicted molar refractivity (Wildman–Crippen MR) is 69.4 cm³/mol. The molecule has 0 aromatic rings. The van der Waals surface area contributed by atoms with Crippen LogP contribution >= 0.6 is 0 Å². The Labute approximate surface area is 101 Å². The molecule has 2 unspecified atom stereocenters. The maximum atomic E-state index is 6.14. The van der Waals surface area contributed by atoms with Crippen LogP contribution in [0.1, 0.15) is 52.4 Å². The number of nitrogens with zero attached hydrogens (tertiary/aromatic N) is 1. The Kier molecular flexibility index (Phi) is 4.26. The van der Waals surface area contributed by atoms with Gasteiger partial charge in [-0.2, -0.15) is 0 Å². The van der Waals surface area contributed by atoms with E-state index in [0.717, 1.165) is 17.9 Å². The zero-order valence-corrected chi connectivity index (χ0v) is 11.0. The smallest absolute Gasteiger partial charge is 0.00965 e. The summed E-state index contributed by atoms with van der Waals surface area (Å²) >= 11 is 0. The summed E-state index contributed by atoms with van der Waals surface area (Å²) in [5.74, 6) is 1.62. The Morgan fingerprint density at radius 3 is 2.44 bits per heavy atom. The zero-order chi connectivity index (χ0) is 11.5. The van der Waals surface area contributed by atoms with Crippen molar-refractivity contribution >= 4 is 0 Å². The lowest BCUT2D eigenvalue weighted by molar-refractivity contribution is 0.214. The first-order chi connectivity index (χ1) is 7.66. The Bertz CT molecular complexity index is 211. The molecule has 2 aliphatic rings. The molecule has 16 heavy (non-hydrogen) atoms. The summed E-state index contributed by atoms with van der Waals surface area (Å²) in [7, 11) is 0. The Hall–Kier alpha value is -0.0800. The summed E-state index contributed by atoms with van der Waals surface area (Å²) in [4.78, 5) is 2.72. The van der Waals surface area contributed by atoms with Gasteiger partial charge in [-0.3, -0.25) is 0 Å². The molecule has 0 aromatic carbocycles. The summed E-state index contributed by atoms with van der Waals surface area (Å²) in [5.41, 5.74) is 6.14. The van der Waals surface area contributed by atoms with Crippen molar-refractivity contribution in [2.24, 2.45) is 17.6 Å². The SMILES string of the molecule is CC(C)CN(CCC1CCCC1N)C1CC1. The Morgan fingerprint density at radius 2 is 1.94 bits per heavy atom. The molecular formula is C14H28N2. The molecule has 2 N–H and O–H groups in total. The molecule has 0 radical (unpaired) electrons. The summed E-state index contributed by atoms with van der Waals surface area (Å²) in [6, 6.07) is 1.42. The van der Waals surface area contributed by atoms with Gasteiger partial charge in [-0.15, -0.1) is 0 Å². The van der Waals surface area contributed by atoms with Gasteiger partial charge >= 0.3 is 0 Å². The summed E-state index contributed by atoms with van der Waals surface area (Å²) in [6.45, 7) is 7.24. The molecule has 2 aliphatic carbocycles. The van der Waals surface area contributed by atoms with E-state index in [9.17, 15) is 0 Å². The monoisotopic (exact) mass is 224 g/mol. The minimum Gasteiger partial charge on any atom is -0.327 e. The van der Waals surface area contributed by atoms with Crippen molar-refractivity contribution in [1.82, 2.24) is 4.90 Å². The molecular weight excluding hydrogens is 196 g/mol. The van der Waals surface area contributed by atoms with Gasteiger partial charge in [0.25, 0.3) is 0 Å². The fourth-order valence-electron chi connectivity index (χ4n) is 3.09. The standard InChI is InChI=1S/C14H28N2/c1-11(2)10-16(13-6-7-13)9-8-12-4-3-5-14(12)15/h11-14H,3-10,15H2,1-2H3. The van der Waals surface area contributed by atoms with Gasteiger partial charge in [-0.25, -0.2) is 0 Å². The highest BCUT2D eigenvalue weighted by Gasteiger charge is 2.31. The summed E-state index contributed by atoms with van der Waals surface area (Å²) < 4.78 is 0. The predicted octanol–water partition coefficient (Wildman–Crippen LogP) is 2.62. The molecule has 0 aliphatic heterocycles. The topological polar surface area (TPSA) is 29.3 Å². The van der Waals surface area contributed by atoms with Gasteiger partial charge in [-0.1, -0.05) is 20.3 Å². The van der Waals surface area contributed by atoms with E-state index in [-0.39, 0.29) is 0 Å². The number of hydrogen-bond donors (Lipinski definition) is 1. The van der Waals surface area contributed by atoms with E-state index in [0.29, 0.717) is 6.04 Å². The molecule has 2 fully saturated rings. The van der Waals surface area contributed by atoms with Gasteiger partial charge in [0.1, 0.15) is 0 Å². The van der Waals surface area contributed by atoms with Crippen LogP contribution in [-0.2, 0) is 0 Å². The largest absolute Gasteiger partial charge is 0.327 e. The quantitative estimate of drug-likeness (QED) is 0.751. The minimum atomic E-state index is 0.500. The Balaban J connectivity index is 1.72. The third-order valence-corrected chi connectivity index (χ3v) is 4.17. The van der Waals surface area contributed by atoms with Crippen molar-refractivity contribution < 1.29 is 0 Å². The first-order valence-electron chi connectivity index (χ1n) is 7.16. The van der Waals surface area contributed by atoms with Crippen LogP contribution in [0, 0.1) is 11.8 Å². The van der Waals surface area contributed by atoms with Crippen LogP contribution in [0.15, 0.2) is 0 Å². The molecule has 2 atom stereocenters. The molecule has 2 rings (SSSR count). The minimum absolute atomic E-state index is 0.500. The van der Waals surface area contributed by atoms with Crippen molar-refractivity contribution in [3.8, 4) is 0 Å². The second kappa shape index (κ2) is 5.50. The fourth-order valence-corrected chi connectivity index (χ4v) is 3.09. The molecule has 0 heterocycles. The number of hydrogen-bond acceptors (Lipinski definition) is 2. The first-order valence-corrected chi connectivity index (χ1v) is 7.16. The van der Waals surface area contributed by atoms with Crippen LogP contribution in [-0.4, -0.2) is 30.1 Å². The van der Waals surface area contributed by atoms with Crippen molar-refractivity contribution in [1.29, 1.82) is 0 Å². The second-order valence-electron chi connectivity index (χ2n) is 6.26. The second-order valence-corrected chi connectivity index (χ2v) is 6.26. The maximum Gasteiger partial charge on any atom is 0.00965 e. The van der Waals surface area contributed by atoms with Gasteiger partial charge in [0.05, 0.1) is 0 Å².